The van der Waals surface area contributed by atoms with Gasteiger partial charge in [0.2, 0.25) is 0 Å². The van der Waals surface area contributed by atoms with Crippen molar-refractivity contribution in [3.05, 3.63) is 29.8 Å². The van der Waals surface area contributed by atoms with Gasteiger partial charge in [0.25, 0.3) is 0 Å². The second-order valence-electron chi connectivity index (χ2n) is 6.62. The van der Waals surface area contributed by atoms with E-state index in [9.17, 15) is 13.2 Å². The molecule has 1 aromatic carbocycles. The lowest BCUT2D eigenvalue weighted by Gasteiger charge is -2.38. The van der Waals surface area contributed by atoms with Gasteiger partial charge >= 0.3 is 6.18 Å². The second kappa shape index (κ2) is 6.29. The first-order valence-corrected chi connectivity index (χ1v) is 7.71. The van der Waals surface area contributed by atoms with Crippen LogP contribution < -0.4 is 5.32 Å². The minimum atomic E-state index is -4.31. The van der Waals surface area contributed by atoms with Crippen LogP contribution in [-0.2, 0) is 6.18 Å². The van der Waals surface area contributed by atoms with Crippen LogP contribution in [-0.4, -0.2) is 6.04 Å². The highest BCUT2D eigenvalue weighted by Crippen LogP contribution is 2.39. The molecule has 1 N–H and O–H groups in total. The van der Waals surface area contributed by atoms with Crippen LogP contribution in [0.5, 0.6) is 0 Å². The van der Waals surface area contributed by atoms with Crippen molar-refractivity contribution in [2.75, 3.05) is 5.32 Å². The first-order valence-electron chi connectivity index (χ1n) is 7.71. The third kappa shape index (κ3) is 3.92. The average Bonchev–Trinajstić information content (AvgIpc) is 2.37. The van der Waals surface area contributed by atoms with Crippen molar-refractivity contribution in [3.8, 4) is 0 Å². The van der Waals surface area contributed by atoms with Gasteiger partial charge in [-0.25, -0.2) is 0 Å². The monoisotopic (exact) mass is 299 g/mol. The SMILES string of the molecule is CC1CCC(C(C)C)C(Nc2ccccc2C(F)(F)F)C1. The first-order chi connectivity index (χ1) is 9.79. The Balaban J connectivity index is 2.23. The fourth-order valence-corrected chi connectivity index (χ4v) is 3.42. The molecule has 0 heterocycles. The van der Waals surface area contributed by atoms with Crippen LogP contribution in [0, 0.1) is 17.8 Å². The van der Waals surface area contributed by atoms with Crippen LogP contribution in [0.1, 0.15) is 45.6 Å². The maximum absolute atomic E-state index is 13.1. The van der Waals surface area contributed by atoms with Gasteiger partial charge < -0.3 is 5.32 Å². The van der Waals surface area contributed by atoms with Gasteiger partial charge in [-0.2, -0.15) is 13.2 Å². The lowest BCUT2D eigenvalue weighted by atomic mass is 9.74. The predicted molar refractivity (Wildman–Crippen MR) is 80.2 cm³/mol. The number of alkyl halides is 3. The lowest BCUT2D eigenvalue weighted by Crippen LogP contribution is -2.38. The Bertz CT molecular complexity index is 467. The molecule has 1 aromatic rings. The normalized spacial score (nSPS) is 26.9. The van der Waals surface area contributed by atoms with Crippen molar-refractivity contribution in [2.24, 2.45) is 17.8 Å². The van der Waals surface area contributed by atoms with Crippen molar-refractivity contribution >= 4 is 5.69 Å². The Labute approximate surface area is 124 Å². The zero-order valence-electron chi connectivity index (χ0n) is 12.9. The quantitative estimate of drug-likeness (QED) is 0.768. The number of rotatable bonds is 3. The minimum absolute atomic E-state index is 0.122. The van der Waals surface area contributed by atoms with Crippen LogP contribution >= 0.6 is 0 Å². The van der Waals surface area contributed by atoms with E-state index in [0.29, 0.717) is 17.8 Å². The van der Waals surface area contributed by atoms with E-state index >= 15 is 0 Å². The molecular weight excluding hydrogens is 275 g/mol. The van der Waals surface area contributed by atoms with Gasteiger partial charge in [-0.05, 0) is 42.7 Å². The second-order valence-corrected chi connectivity index (χ2v) is 6.62. The zero-order chi connectivity index (χ0) is 15.6. The maximum atomic E-state index is 13.1. The van der Waals surface area contributed by atoms with E-state index in [1.54, 1.807) is 12.1 Å². The summed E-state index contributed by atoms with van der Waals surface area (Å²) >= 11 is 0. The van der Waals surface area contributed by atoms with Crippen LogP contribution in [0.2, 0.25) is 0 Å². The molecule has 0 amide bonds. The molecule has 0 aliphatic heterocycles. The molecule has 1 nitrogen and oxygen atoms in total. The topological polar surface area (TPSA) is 12.0 Å². The van der Waals surface area contributed by atoms with Crippen molar-refractivity contribution in [1.29, 1.82) is 0 Å². The molecule has 2 rings (SSSR count). The summed E-state index contributed by atoms with van der Waals surface area (Å²) in [5.74, 6) is 1.48. The summed E-state index contributed by atoms with van der Waals surface area (Å²) < 4.78 is 39.3. The largest absolute Gasteiger partial charge is 0.418 e. The number of hydrogen-bond donors (Lipinski definition) is 1. The molecule has 1 aliphatic carbocycles. The zero-order valence-corrected chi connectivity index (χ0v) is 12.9. The standard InChI is InChI=1S/C17H24F3N/c1-11(2)13-9-8-12(3)10-16(13)21-15-7-5-4-6-14(15)17(18,19)20/h4-7,11-13,16,21H,8-10H2,1-3H3. The Morgan fingerprint density at radius 1 is 1.14 bits per heavy atom. The highest BCUT2D eigenvalue weighted by molar-refractivity contribution is 5.53. The molecule has 118 valence electrons. The fourth-order valence-electron chi connectivity index (χ4n) is 3.42. The smallest absolute Gasteiger partial charge is 0.382 e. The molecule has 0 saturated heterocycles. The average molecular weight is 299 g/mol. The van der Waals surface area contributed by atoms with Crippen molar-refractivity contribution < 1.29 is 13.2 Å². The molecule has 3 atom stereocenters. The molecule has 0 spiro atoms. The summed E-state index contributed by atoms with van der Waals surface area (Å²) in [7, 11) is 0. The third-order valence-corrected chi connectivity index (χ3v) is 4.60. The number of nitrogens with one attached hydrogen (secondary N) is 1. The molecule has 1 fully saturated rings. The van der Waals surface area contributed by atoms with Gasteiger partial charge in [0.05, 0.1) is 5.56 Å². The van der Waals surface area contributed by atoms with Gasteiger partial charge in [0.1, 0.15) is 0 Å². The van der Waals surface area contributed by atoms with Crippen LogP contribution in [0.15, 0.2) is 24.3 Å². The van der Waals surface area contributed by atoms with Crippen LogP contribution in [0.3, 0.4) is 0 Å². The molecule has 1 saturated carbocycles. The number of hydrogen-bond acceptors (Lipinski definition) is 1. The lowest BCUT2D eigenvalue weighted by molar-refractivity contribution is -0.137. The maximum Gasteiger partial charge on any atom is 0.418 e. The van der Waals surface area contributed by atoms with E-state index in [-0.39, 0.29) is 11.7 Å². The summed E-state index contributed by atoms with van der Waals surface area (Å²) in [5, 5.41) is 3.20. The van der Waals surface area contributed by atoms with Gasteiger partial charge in [0, 0.05) is 11.7 Å². The van der Waals surface area contributed by atoms with E-state index in [4.69, 9.17) is 0 Å². The van der Waals surface area contributed by atoms with Crippen molar-refractivity contribution in [1.82, 2.24) is 0 Å². The van der Waals surface area contributed by atoms with Gasteiger partial charge in [-0.3, -0.25) is 0 Å². The minimum Gasteiger partial charge on any atom is -0.382 e. The number of halogens is 3. The van der Waals surface area contributed by atoms with E-state index in [1.807, 2.05) is 0 Å². The summed E-state index contributed by atoms with van der Waals surface area (Å²) in [6.45, 7) is 6.50. The Morgan fingerprint density at radius 2 is 1.81 bits per heavy atom. The Hall–Kier alpha value is -1.19. The molecule has 0 radical (unpaired) electrons. The summed E-state index contributed by atoms with van der Waals surface area (Å²) in [6.07, 6.45) is -1.11. The predicted octanol–water partition coefficient (Wildman–Crippen LogP) is 5.58. The Morgan fingerprint density at radius 3 is 2.43 bits per heavy atom. The van der Waals surface area contributed by atoms with Gasteiger partial charge in [-0.15, -0.1) is 0 Å². The first kappa shape index (κ1) is 16.2. The number of anilines is 1. The van der Waals surface area contributed by atoms with E-state index in [1.165, 1.54) is 12.5 Å². The number of para-hydroxylation sites is 1. The van der Waals surface area contributed by atoms with E-state index in [0.717, 1.165) is 18.9 Å². The summed E-state index contributed by atoms with van der Waals surface area (Å²) in [4.78, 5) is 0. The molecule has 0 bridgehead atoms. The van der Waals surface area contributed by atoms with E-state index < -0.39 is 11.7 Å². The van der Waals surface area contributed by atoms with Crippen molar-refractivity contribution in [2.45, 2.75) is 52.3 Å². The highest BCUT2D eigenvalue weighted by atomic mass is 19.4. The van der Waals surface area contributed by atoms with Crippen LogP contribution in [0.25, 0.3) is 0 Å². The number of benzene rings is 1. The highest BCUT2D eigenvalue weighted by Gasteiger charge is 2.36. The fraction of sp³-hybridized carbons (Fsp3) is 0.647. The van der Waals surface area contributed by atoms with Gasteiger partial charge in [-0.1, -0.05) is 39.3 Å². The van der Waals surface area contributed by atoms with Crippen LogP contribution in [0.4, 0.5) is 18.9 Å². The molecule has 1 aliphatic rings. The molecule has 3 unspecified atom stereocenters. The molecule has 0 aromatic heterocycles. The Kier molecular flexibility index (Phi) is 4.84. The molecule has 21 heavy (non-hydrogen) atoms. The third-order valence-electron chi connectivity index (χ3n) is 4.60. The molecule has 4 heteroatoms. The summed E-state index contributed by atoms with van der Waals surface area (Å²) in [5.41, 5.74) is -0.347. The molecular formula is C17H24F3N. The summed E-state index contributed by atoms with van der Waals surface area (Å²) in [6, 6.07) is 5.92. The van der Waals surface area contributed by atoms with Crippen molar-refractivity contribution in [3.63, 3.8) is 0 Å². The van der Waals surface area contributed by atoms with E-state index in [2.05, 4.69) is 26.1 Å². The van der Waals surface area contributed by atoms with Gasteiger partial charge in [0.15, 0.2) is 0 Å².